The van der Waals surface area contributed by atoms with Crippen LogP contribution in [0.25, 0.3) is 16.7 Å². The molecule has 0 aliphatic rings. The van der Waals surface area contributed by atoms with Crippen molar-refractivity contribution in [3.8, 4) is 0 Å². The molecule has 0 saturated heterocycles. The third kappa shape index (κ3) is 4.03. The van der Waals surface area contributed by atoms with E-state index >= 15 is 0 Å². The Balaban J connectivity index is 2.13. The third-order valence-electron chi connectivity index (χ3n) is 5.71. The van der Waals surface area contributed by atoms with Crippen LogP contribution in [0.5, 0.6) is 0 Å². The molecular formula is C26H26N4O4. The fraction of sp³-hybridized carbons (Fsp3) is 0.269. The van der Waals surface area contributed by atoms with Crippen LogP contribution in [0.15, 0.2) is 58.4 Å². The van der Waals surface area contributed by atoms with Crippen molar-refractivity contribution in [2.24, 2.45) is 4.99 Å². The topological polar surface area (TPSA) is 95.0 Å². The molecule has 3 heterocycles. The van der Waals surface area contributed by atoms with Gasteiger partial charge in [0.15, 0.2) is 5.49 Å². The number of fused-ring (bicyclic) bond motifs is 2. The van der Waals surface area contributed by atoms with Crippen molar-refractivity contribution in [3.63, 3.8) is 0 Å². The second-order valence-corrected chi connectivity index (χ2v) is 8.36. The summed E-state index contributed by atoms with van der Waals surface area (Å²) in [6, 6.07) is 11.7. The number of hydrogen-bond acceptors (Lipinski definition) is 5. The number of carbonyl (C=O) groups excluding carboxylic acids is 2. The Bertz CT molecular complexity index is 1580. The maximum absolute atomic E-state index is 13.3. The first-order valence-electron chi connectivity index (χ1n) is 11.1. The number of benzene rings is 1. The lowest BCUT2D eigenvalue weighted by atomic mass is 10.1. The molecule has 0 aliphatic heterocycles. The Morgan fingerprint density at radius 2 is 1.85 bits per heavy atom. The Labute approximate surface area is 196 Å². The summed E-state index contributed by atoms with van der Waals surface area (Å²) in [6.45, 7) is 9.46. The molecule has 0 saturated carbocycles. The predicted octanol–water partition coefficient (Wildman–Crippen LogP) is 3.76. The summed E-state index contributed by atoms with van der Waals surface area (Å²) in [6.07, 6.45) is 1.62. The summed E-state index contributed by atoms with van der Waals surface area (Å²) < 4.78 is 8.31. The summed E-state index contributed by atoms with van der Waals surface area (Å²) in [5, 5.41) is 0.234. The van der Waals surface area contributed by atoms with Crippen molar-refractivity contribution in [1.82, 2.24) is 14.0 Å². The molecule has 0 spiro atoms. The van der Waals surface area contributed by atoms with Gasteiger partial charge in [-0.05, 0) is 76.1 Å². The van der Waals surface area contributed by atoms with Gasteiger partial charge < -0.3 is 9.30 Å². The first-order chi connectivity index (χ1) is 16.2. The van der Waals surface area contributed by atoms with Crippen molar-refractivity contribution in [2.45, 2.75) is 40.7 Å². The number of aryl methyl sites for hydroxylation is 2. The first-order valence-corrected chi connectivity index (χ1v) is 11.1. The SMILES string of the molecule is CCOC(=O)c1cc2c(=O)n3ccccc3nc2n(C(C)C)c1=NC(=O)c1ccc(C)c(C)c1. The largest absolute Gasteiger partial charge is 0.462 e. The molecule has 0 aliphatic carbocycles. The molecule has 34 heavy (non-hydrogen) atoms. The van der Waals surface area contributed by atoms with Gasteiger partial charge in [-0.25, -0.2) is 9.78 Å². The molecule has 8 nitrogen and oxygen atoms in total. The van der Waals surface area contributed by atoms with E-state index in [1.54, 1.807) is 48.0 Å². The standard InChI is InChI=1S/C26H26N4O4/c1-6-34-26(33)20-14-19-22(27-21-9-7-8-12-29(21)25(19)32)30(15(2)3)23(20)28-24(31)18-11-10-16(4)17(5)13-18/h7-15H,6H2,1-5H3. The molecule has 0 unspecified atom stereocenters. The minimum absolute atomic E-state index is 0.0371. The lowest BCUT2D eigenvalue weighted by Crippen LogP contribution is -2.33. The van der Waals surface area contributed by atoms with E-state index in [9.17, 15) is 14.4 Å². The smallest absolute Gasteiger partial charge is 0.341 e. The van der Waals surface area contributed by atoms with E-state index in [4.69, 9.17) is 4.74 Å². The summed E-state index contributed by atoms with van der Waals surface area (Å²) in [7, 11) is 0. The van der Waals surface area contributed by atoms with E-state index in [1.807, 2.05) is 33.8 Å². The summed E-state index contributed by atoms with van der Waals surface area (Å²) in [5.41, 5.74) is 3.03. The van der Waals surface area contributed by atoms with Crippen LogP contribution in [0.3, 0.4) is 0 Å². The van der Waals surface area contributed by atoms with Crippen molar-refractivity contribution >= 4 is 28.6 Å². The van der Waals surface area contributed by atoms with Gasteiger partial charge in [-0.15, -0.1) is 0 Å². The van der Waals surface area contributed by atoms with Crippen LogP contribution >= 0.6 is 0 Å². The number of rotatable bonds is 4. The van der Waals surface area contributed by atoms with Gasteiger partial charge in [0, 0.05) is 17.8 Å². The number of aromatic nitrogens is 3. The highest BCUT2D eigenvalue weighted by atomic mass is 16.5. The molecule has 1 aromatic carbocycles. The molecular weight excluding hydrogens is 432 g/mol. The maximum Gasteiger partial charge on any atom is 0.341 e. The maximum atomic E-state index is 13.3. The zero-order valence-electron chi connectivity index (χ0n) is 19.8. The van der Waals surface area contributed by atoms with Crippen molar-refractivity contribution in [3.05, 3.63) is 86.8 Å². The second kappa shape index (κ2) is 9.05. The fourth-order valence-electron chi connectivity index (χ4n) is 3.84. The van der Waals surface area contributed by atoms with E-state index in [-0.39, 0.29) is 34.6 Å². The minimum Gasteiger partial charge on any atom is -0.462 e. The average Bonchev–Trinajstić information content (AvgIpc) is 2.80. The van der Waals surface area contributed by atoms with E-state index in [0.29, 0.717) is 16.9 Å². The number of nitrogens with zero attached hydrogens (tertiary/aromatic N) is 4. The quantitative estimate of drug-likeness (QED) is 0.343. The van der Waals surface area contributed by atoms with Gasteiger partial charge in [-0.3, -0.25) is 14.0 Å². The van der Waals surface area contributed by atoms with Crippen molar-refractivity contribution in [2.75, 3.05) is 6.61 Å². The molecule has 0 N–H and O–H groups in total. The Morgan fingerprint density at radius 3 is 2.53 bits per heavy atom. The van der Waals surface area contributed by atoms with E-state index in [0.717, 1.165) is 11.1 Å². The highest BCUT2D eigenvalue weighted by Gasteiger charge is 2.21. The number of ether oxygens (including phenoxy) is 1. The number of hydrogen-bond donors (Lipinski definition) is 0. The summed E-state index contributed by atoms with van der Waals surface area (Å²) in [4.78, 5) is 48.4. The Morgan fingerprint density at radius 1 is 1.09 bits per heavy atom. The van der Waals surface area contributed by atoms with Crippen molar-refractivity contribution in [1.29, 1.82) is 0 Å². The molecule has 1 amide bonds. The van der Waals surface area contributed by atoms with Gasteiger partial charge in [0.2, 0.25) is 0 Å². The van der Waals surface area contributed by atoms with Crippen LogP contribution in [0.4, 0.5) is 0 Å². The zero-order chi connectivity index (χ0) is 24.6. The van der Waals surface area contributed by atoms with Gasteiger partial charge in [0.1, 0.15) is 16.9 Å². The van der Waals surface area contributed by atoms with Crippen LogP contribution in [0.1, 0.15) is 58.7 Å². The van der Waals surface area contributed by atoms with Crippen LogP contribution in [0.2, 0.25) is 0 Å². The average molecular weight is 459 g/mol. The molecule has 0 atom stereocenters. The zero-order valence-corrected chi connectivity index (χ0v) is 19.8. The first kappa shape index (κ1) is 23.1. The predicted molar refractivity (Wildman–Crippen MR) is 129 cm³/mol. The molecule has 4 aromatic rings. The van der Waals surface area contributed by atoms with Gasteiger partial charge >= 0.3 is 5.97 Å². The lowest BCUT2D eigenvalue weighted by molar-refractivity contribution is 0.0523. The van der Waals surface area contributed by atoms with E-state index in [2.05, 4.69) is 9.98 Å². The molecule has 8 heteroatoms. The number of amides is 1. The molecule has 0 radical (unpaired) electrons. The highest BCUT2D eigenvalue weighted by Crippen LogP contribution is 2.16. The van der Waals surface area contributed by atoms with E-state index < -0.39 is 11.9 Å². The van der Waals surface area contributed by atoms with Gasteiger partial charge in [-0.2, -0.15) is 4.99 Å². The highest BCUT2D eigenvalue weighted by molar-refractivity contribution is 5.97. The van der Waals surface area contributed by atoms with Gasteiger partial charge in [-0.1, -0.05) is 12.1 Å². The molecule has 0 fully saturated rings. The summed E-state index contributed by atoms with van der Waals surface area (Å²) in [5.74, 6) is -1.16. The van der Waals surface area contributed by atoms with Gasteiger partial charge in [0.05, 0.1) is 12.0 Å². The van der Waals surface area contributed by atoms with Crippen LogP contribution < -0.4 is 11.0 Å². The molecule has 3 aromatic heterocycles. The molecule has 4 rings (SSSR count). The lowest BCUT2D eigenvalue weighted by Gasteiger charge is -2.17. The summed E-state index contributed by atoms with van der Waals surface area (Å²) >= 11 is 0. The number of pyridine rings is 2. The molecule has 0 bridgehead atoms. The monoisotopic (exact) mass is 458 g/mol. The number of carbonyl (C=O) groups is 2. The van der Waals surface area contributed by atoms with Crippen LogP contribution in [-0.4, -0.2) is 32.4 Å². The minimum atomic E-state index is -0.664. The van der Waals surface area contributed by atoms with E-state index in [1.165, 1.54) is 10.5 Å². The van der Waals surface area contributed by atoms with Crippen LogP contribution in [0, 0.1) is 13.8 Å². The van der Waals surface area contributed by atoms with Crippen LogP contribution in [-0.2, 0) is 4.74 Å². The Hall–Kier alpha value is -4.07. The Kier molecular flexibility index (Phi) is 6.15. The normalized spacial score (nSPS) is 12.0. The number of esters is 1. The van der Waals surface area contributed by atoms with Gasteiger partial charge in [0.25, 0.3) is 11.5 Å². The third-order valence-corrected chi connectivity index (χ3v) is 5.71. The molecule has 174 valence electrons. The second-order valence-electron chi connectivity index (χ2n) is 8.36. The van der Waals surface area contributed by atoms with Crippen molar-refractivity contribution < 1.29 is 14.3 Å². The fourth-order valence-corrected chi connectivity index (χ4v) is 3.84.